The Morgan fingerprint density at radius 2 is 2.05 bits per heavy atom. The molecule has 1 N–H and O–H groups in total. The minimum absolute atomic E-state index is 0.253. The van der Waals surface area contributed by atoms with Crippen molar-refractivity contribution in [2.24, 2.45) is 0 Å². The van der Waals surface area contributed by atoms with E-state index in [2.05, 4.69) is 47.6 Å². The van der Waals surface area contributed by atoms with Crippen LogP contribution in [0, 0.1) is 0 Å². The van der Waals surface area contributed by atoms with E-state index < -0.39 is 0 Å². The second-order valence-corrected chi connectivity index (χ2v) is 6.74. The Morgan fingerprint density at radius 3 is 2.81 bits per heavy atom. The summed E-state index contributed by atoms with van der Waals surface area (Å²) < 4.78 is 0.844. The zero-order valence-electron chi connectivity index (χ0n) is 11.8. The lowest BCUT2D eigenvalue weighted by molar-refractivity contribution is 0.556. The zero-order valence-corrected chi connectivity index (χ0v) is 13.4. The maximum absolute atomic E-state index is 6.05. The summed E-state index contributed by atoms with van der Waals surface area (Å²) in [6, 6.07) is 14.8. The van der Waals surface area contributed by atoms with Crippen LogP contribution in [0.3, 0.4) is 0 Å². The molecule has 3 rings (SSSR count). The molecule has 0 radical (unpaired) electrons. The van der Waals surface area contributed by atoms with E-state index in [-0.39, 0.29) is 6.04 Å². The first-order valence-electron chi connectivity index (χ1n) is 7.09. The van der Waals surface area contributed by atoms with Crippen LogP contribution in [0.1, 0.15) is 23.4 Å². The minimum atomic E-state index is 0.253. The minimum Gasteiger partial charge on any atom is -0.310 e. The molecule has 4 heteroatoms. The number of nitrogens with one attached hydrogen (secondary N) is 1. The first kappa shape index (κ1) is 14.5. The molecule has 2 aromatic heterocycles. The Labute approximate surface area is 133 Å². The number of rotatable bonds is 5. The van der Waals surface area contributed by atoms with Crippen molar-refractivity contribution in [3.8, 4) is 0 Å². The molecule has 3 aromatic rings. The number of thiophene rings is 1. The van der Waals surface area contributed by atoms with Crippen LogP contribution in [-0.4, -0.2) is 11.5 Å². The molecule has 0 aliphatic carbocycles. The number of hydrogen-bond acceptors (Lipinski definition) is 3. The van der Waals surface area contributed by atoms with Crippen LogP contribution < -0.4 is 5.32 Å². The molecule has 1 unspecified atom stereocenters. The zero-order chi connectivity index (χ0) is 14.7. The third-order valence-electron chi connectivity index (χ3n) is 3.52. The van der Waals surface area contributed by atoms with Crippen LogP contribution in [0.15, 0.2) is 48.7 Å². The lowest BCUT2D eigenvalue weighted by atomic mass is 9.99. The molecule has 0 spiro atoms. The molecule has 0 aliphatic rings. The van der Waals surface area contributed by atoms with Gasteiger partial charge in [0, 0.05) is 28.9 Å². The van der Waals surface area contributed by atoms with Gasteiger partial charge in [0.1, 0.15) is 0 Å². The second-order valence-electron chi connectivity index (χ2n) is 4.94. The number of pyridine rings is 1. The van der Waals surface area contributed by atoms with Gasteiger partial charge in [-0.15, -0.1) is 11.3 Å². The van der Waals surface area contributed by atoms with Gasteiger partial charge in [-0.3, -0.25) is 4.98 Å². The Bertz CT molecular complexity index is 733. The molecule has 1 aromatic carbocycles. The number of para-hydroxylation sites is 1. The van der Waals surface area contributed by atoms with E-state index in [0.717, 1.165) is 22.8 Å². The summed E-state index contributed by atoms with van der Waals surface area (Å²) in [5.74, 6) is 0. The molecule has 0 saturated carbocycles. The Balaban J connectivity index is 1.98. The van der Waals surface area contributed by atoms with E-state index in [9.17, 15) is 0 Å². The van der Waals surface area contributed by atoms with Gasteiger partial charge in [-0.05, 0) is 30.3 Å². The first-order valence-corrected chi connectivity index (χ1v) is 8.28. The van der Waals surface area contributed by atoms with Gasteiger partial charge in [-0.25, -0.2) is 0 Å². The second kappa shape index (κ2) is 6.56. The van der Waals surface area contributed by atoms with Gasteiger partial charge >= 0.3 is 0 Å². The van der Waals surface area contributed by atoms with Gasteiger partial charge in [0.2, 0.25) is 0 Å². The number of fused-ring (bicyclic) bond motifs is 1. The highest BCUT2D eigenvalue weighted by atomic mass is 35.5. The van der Waals surface area contributed by atoms with E-state index in [4.69, 9.17) is 11.6 Å². The molecule has 0 bridgehead atoms. The summed E-state index contributed by atoms with van der Waals surface area (Å²) >= 11 is 7.69. The van der Waals surface area contributed by atoms with Crippen LogP contribution in [-0.2, 0) is 6.42 Å². The SMILES string of the molecule is CCNC(Cc1ccc(Cl)s1)c1cccc2cccnc12. The maximum atomic E-state index is 6.05. The monoisotopic (exact) mass is 316 g/mol. The van der Waals surface area contributed by atoms with Crippen LogP contribution in [0.4, 0.5) is 0 Å². The molecule has 2 heterocycles. The molecular weight excluding hydrogens is 300 g/mol. The number of aromatic nitrogens is 1. The average Bonchev–Trinajstić information content (AvgIpc) is 2.91. The van der Waals surface area contributed by atoms with Crippen molar-refractivity contribution in [3.05, 3.63) is 63.4 Å². The van der Waals surface area contributed by atoms with E-state index in [1.165, 1.54) is 15.8 Å². The fraction of sp³-hybridized carbons (Fsp3) is 0.235. The highest BCUT2D eigenvalue weighted by molar-refractivity contribution is 7.16. The Kier molecular flexibility index (Phi) is 4.54. The largest absolute Gasteiger partial charge is 0.310 e. The topological polar surface area (TPSA) is 24.9 Å². The van der Waals surface area contributed by atoms with Crippen molar-refractivity contribution in [2.75, 3.05) is 6.54 Å². The standard InChI is InChI=1S/C17H17ClN2S/c1-2-19-15(11-13-8-9-16(18)21-13)14-7-3-5-12-6-4-10-20-17(12)14/h3-10,15,19H,2,11H2,1H3. The van der Waals surface area contributed by atoms with Gasteiger partial charge in [0.25, 0.3) is 0 Å². The molecular formula is C17H17ClN2S. The van der Waals surface area contributed by atoms with Crippen molar-refractivity contribution in [3.63, 3.8) is 0 Å². The summed E-state index contributed by atoms with van der Waals surface area (Å²) in [6.07, 6.45) is 2.79. The lowest BCUT2D eigenvalue weighted by Gasteiger charge is -2.19. The predicted molar refractivity (Wildman–Crippen MR) is 91.2 cm³/mol. The van der Waals surface area contributed by atoms with Crippen molar-refractivity contribution in [1.82, 2.24) is 10.3 Å². The summed E-state index contributed by atoms with van der Waals surface area (Å²) in [4.78, 5) is 5.86. The van der Waals surface area contributed by atoms with Gasteiger partial charge in [-0.2, -0.15) is 0 Å². The number of hydrogen-bond donors (Lipinski definition) is 1. The maximum Gasteiger partial charge on any atom is 0.0931 e. The van der Waals surface area contributed by atoms with Crippen LogP contribution >= 0.6 is 22.9 Å². The van der Waals surface area contributed by atoms with Crippen LogP contribution in [0.5, 0.6) is 0 Å². The summed E-state index contributed by atoms with van der Waals surface area (Å²) in [5.41, 5.74) is 2.33. The van der Waals surface area contributed by atoms with Crippen molar-refractivity contribution < 1.29 is 0 Å². The molecule has 0 saturated heterocycles. The predicted octanol–water partition coefficient (Wildman–Crippen LogP) is 4.84. The summed E-state index contributed by atoms with van der Waals surface area (Å²) in [7, 11) is 0. The highest BCUT2D eigenvalue weighted by Crippen LogP contribution is 2.29. The number of benzene rings is 1. The van der Waals surface area contributed by atoms with E-state index >= 15 is 0 Å². The van der Waals surface area contributed by atoms with E-state index in [1.807, 2.05) is 18.3 Å². The molecule has 21 heavy (non-hydrogen) atoms. The number of halogens is 1. The molecule has 0 amide bonds. The van der Waals surface area contributed by atoms with E-state index in [1.54, 1.807) is 11.3 Å². The highest BCUT2D eigenvalue weighted by Gasteiger charge is 2.15. The molecule has 108 valence electrons. The van der Waals surface area contributed by atoms with Gasteiger partial charge in [-0.1, -0.05) is 42.8 Å². The Morgan fingerprint density at radius 1 is 1.19 bits per heavy atom. The normalized spacial score (nSPS) is 12.7. The quantitative estimate of drug-likeness (QED) is 0.728. The molecule has 0 fully saturated rings. The average molecular weight is 317 g/mol. The smallest absolute Gasteiger partial charge is 0.0931 e. The van der Waals surface area contributed by atoms with Crippen molar-refractivity contribution in [1.29, 1.82) is 0 Å². The van der Waals surface area contributed by atoms with Gasteiger partial charge < -0.3 is 5.32 Å². The fourth-order valence-electron chi connectivity index (χ4n) is 2.61. The fourth-order valence-corrected chi connectivity index (χ4v) is 3.74. The molecule has 1 atom stereocenters. The van der Waals surface area contributed by atoms with Crippen molar-refractivity contribution in [2.45, 2.75) is 19.4 Å². The summed E-state index contributed by atoms with van der Waals surface area (Å²) in [5, 5.41) is 4.75. The molecule has 2 nitrogen and oxygen atoms in total. The van der Waals surface area contributed by atoms with Gasteiger partial charge in [0.05, 0.1) is 9.85 Å². The van der Waals surface area contributed by atoms with Gasteiger partial charge in [0.15, 0.2) is 0 Å². The number of likely N-dealkylation sites (N-methyl/N-ethyl adjacent to an activating group) is 1. The van der Waals surface area contributed by atoms with Crippen LogP contribution in [0.25, 0.3) is 10.9 Å². The number of nitrogens with zero attached hydrogens (tertiary/aromatic N) is 1. The van der Waals surface area contributed by atoms with E-state index in [0.29, 0.717) is 0 Å². The van der Waals surface area contributed by atoms with Crippen LogP contribution in [0.2, 0.25) is 4.34 Å². The Hall–Kier alpha value is -1.42. The first-order chi connectivity index (χ1) is 10.3. The van der Waals surface area contributed by atoms with Crippen molar-refractivity contribution >= 4 is 33.8 Å². The third-order valence-corrected chi connectivity index (χ3v) is 4.78. The molecule has 0 aliphatic heterocycles. The lowest BCUT2D eigenvalue weighted by Crippen LogP contribution is -2.23. The summed E-state index contributed by atoms with van der Waals surface area (Å²) in [6.45, 7) is 3.06. The third kappa shape index (κ3) is 3.26.